The molecule has 31 heavy (non-hydrogen) atoms. The van der Waals surface area contributed by atoms with E-state index in [9.17, 15) is 4.39 Å². The third-order valence-corrected chi connectivity index (χ3v) is 6.16. The van der Waals surface area contributed by atoms with Crippen molar-refractivity contribution in [1.82, 2.24) is 19.4 Å². The van der Waals surface area contributed by atoms with E-state index in [4.69, 9.17) is 22.1 Å². The predicted molar refractivity (Wildman–Crippen MR) is 124 cm³/mol. The first-order valence-corrected chi connectivity index (χ1v) is 11.7. The first-order valence-electron chi connectivity index (χ1n) is 10.0. The van der Waals surface area contributed by atoms with Crippen molar-refractivity contribution in [3.63, 3.8) is 0 Å². The Kier molecular flexibility index (Phi) is 7.29. The Balaban J connectivity index is 1.63. The Hall–Kier alpha value is -2.33. The van der Waals surface area contributed by atoms with Gasteiger partial charge in [0.2, 0.25) is 4.77 Å². The molecule has 3 aromatic rings. The zero-order valence-corrected chi connectivity index (χ0v) is 18.9. The molecule has 0 unspecified atom stereocenters. The highest BCUT2D eigenvalue weighted by atomic mass is 32.2. The first-order chi connectivity index (χ1) is 15.1. The normalized spacial score (nSPS) is 15.0. The van der Waals surface area contributed by atoms with E-state index >= 15 is 0 Å². The van der Waals surface area contributed by atoms with E-state index in [-0.39, 0.29) is 5.82 Å². The summed E-state index contributed by atoms with van der Waals surface area (Å²) < 4.78 is 22.7. The summed E-state index contributed by atoms with van der Waals surface area (Å²) in [6.07, 6.45) is 4.34. The Bertz CT molecular complexity index is 1090. The van der Waals surface area contributed by atoms with Crippen LogP contribution in [0.4, 0.5) is 4.39 Å². The van der Waals surface area contributed by atoms with Crippen molar-refractivity contribution < 1.29 is 9.13 Å². The van der Waals surface area contributed by atoms with Crippen molar-refractivity contribution in [2.75, 3.05) is 32.6 Å². The molecule has 6 nitrogen and oxygen atoms in total. The number of hydrogen-bond donors (Lipinski definition) is 0. The van der Waals surface area contributed by atoms with E-state index in [0.29, 0.717) is 31.1 Å². The van der Waals surface area contributed by atoms with Crippen molar-refractivity contribution in [3.8, 4) is 0 Å². The monoisotopic (exact) mass is 457 g/mol. The largest absolute Gasteiger partial charge is 0.379 e. The van der Waals surface area contributed by atoms with E-state index in [0.717, 1.165) is 30.0 Å². The minimum absolute atomic E-state index is 0.276. The van der Waals surface area contributed by atoms with Gasteiger partial charge in [0.1, 0.15) is 5.82 Å². The lowest BCUT2D eigenvalue weighted by atomic mass is 10.1. The van der Waals surface area contributed by atoms with Gasteiger partial charge in [-0.2, -0.15) is 14.9 Å². The fraction of sp³-hybridized carbons (Fsp3) is 0.318. The van der Waals surface area contributed by atoms with Crippen LogP contribution in [0.3, 0.4) is 0 Å². The molecule has 1 aliphatic heterocycles. The number of aromatic nitrogens is 3. The van der Waals surface area contributed by atoms with E-state index in [1.54, 1.807) is 34.8 Å². The number of benzene rings is 2. The Morgan fingerprint density at radius 2 is 1.84 bits per heavy atom. The highest BCUT2D eigenvalue weighted by molar-refractivity contribution is 7.98. The SMILES string of the molecule is CSc1ccc(Cc2nn(CN3CCOCC3)c(=S)n2/N=C/c2ccc(F)cc2)cc1. The van der Waals surface area contributed by atoms with Gasteiger partial charge in [-0.1, -0.05) is 24.3 Å². The van der Waals surface area contributed by atoms with Crippen molar-refractivity contribution in [2.45, 2.75) is 18.0 Å². The molecule has 0 N–H and O–H groups in total. The summed E-state index contributed by atoms with van der Waals surface area (Å²) in [6.45, 7) is 3.72. The third-order valence-electron chi connectivity index (χ3n) is 5.03. The number of hydrogen-bond acceptors (Lipinski definition) is 6. The Morgan fingerprint density at radius 3 is 2.52 bits per heavy atom. The number of halogens is 1. The average Bonchev–Trinajstić information content (AvgIpc) is 3.08. The lowest BCUT2D eigenvalue weighted by Gasteiger charge is -2.25. The zero-order valence-electron chi connectivity index (χ0n) is 17.3. The molecule has 1 aliphatic rings. The van der Waals surface area contributed by atoms with Crippen molar-refractivity contribution >= 4 is 30.2 Å². The molecule has 0 saturated carbocycles. The van der Waals surface area contributed by atoms with Crippen LogP contribution in [0, 0.1) is 10.6 Å². The second-order valence-electron chi connectivity index (χ2n) is 7.20. The second kappa shape index (κ2) is 10.3. The molecule has 2 heterocycles. The van der Waals surface area contributed by atoms with Crippen molar-refractivity contribution in [2.24, 2.45) is 5.10 Å². The standard InChI is InChI=1S/C22H24FN5OS2/c1-31-20-8-4-17(5-9-20)14-21-25-27(16-26-10-12-29-13-11-26)22(30)28(21)24-15-18-2-6-19(23)7-3-18/h2-9,15H,10-14,16H2,1H3/b24-15+. The topological polar surface area (TPSA) is 47.6 Å². The van der Waals surface area contributed by atoms with Gasteiger partial charge in [0, 0.05) is 24.4 Å². The first kappa shape index (κ1) is 21.9. The van der Waals surface area contributed by atoms with Crippen LogP contribution in [0.15, 0.2) is 58.5 Å². The summed E-state index contributed by atoms with van der Waals surface area (Å²) in [4.78, 5) is 3.48. The molecule has 1 aromatic heterocycles. The lowest BCUT2D eigenvalue weighted by Crippen LogP contribution is -2.37. The third kappa shape index (κ3) is 5.68. The van der Waals surface area contributed by atoms with Gasteiger partial charge in [-0.25, -0.2) is 9.07 Å². The maximum absolute atomic E-state index is 13.2. The van der Waals surface area contributed by atoms with Gasteiger partial charge in [0.15, 0.2) is 5.82 Å². The molecule has 162 valence electrons. The number of ether oxygens (including phenoxy) is 1. The van der Waals surface area contributed by atoms with Gasteiger partial charge in [-0.15, -0.1) is 11.8 Å². The van der Waals surface area contributed by atoms with Crippen LogP contribution in [-0.4, -0.2) is 58.1 Å². The quantitative estimate of drug-likeness (QED) is 0.305. The molecule has 0 amide bonds. The summed E-state index contributed by atoms with van der Waals surface area (Å²) in [5.74, 6) is 0.481. The van der Waals surface area contributed by atoms with Crippen LogP contribution in [0.1, 0.15) is 17.0 Å². The molecule has 0 spiro atoms. The van der Waals surface area contributed by atoms with E-state index in [1.165, 1.54) is 17.0 Å². The van der Waals surface area contributed by atoms with Crippen molar-refractivity contribution in [1.29, 1.82) is 0 Å². The Morgan fingerprint density at radius 1 is 1.13 bits per heavy atom. The van der Waals surface area contributed by atoms with E-state index < -0.39 is 0 Å². The van der Waals surface area contributed by atoms with Gasteiger partial charge in [-0.3, -0.25) is 4.90 Å². The number of nitrogens with zero attached hydrogens (tertiary/aromatic N) is 5. The molecule has 0 radical (unpaired) electrons. The summed E-state index contributed by atoms with van der Waals surface area (Å²) in [5.41, 5.74) is 1.93. The molecule has 0 atom stereocenters. The van der Waals surface area contributed by atoms with Gasteiger partial charge < -0.3 is 4.74 Å². The molecule has 0 aliphatic carbocycles. The minimum atomic E-state index is -0.276. The highest BCUT2D eigenvalue weighted by Crippen LogP contribution is 2.17. The zero-order chi connectivity index (χ0) is 21.6. The lowest BCUT2D eigenvalue weighted by molar-refractivity contribution is 0.0209. The van der Waals surface area contributed by atoms with Gasteiger partial charge in [0.05, 0.1) is 26.1 Å². The van der Waals surface area contributed by atoms with Crippen LogP contribution in [0.5, 0.6) is 0 Å². The number of thioether (sulfide) groups is 1. The summed E-state index contributed by atoms with van der Waals surface area (Å²) in [5, 5.41) is 9.37. The smallest absolute Gasteiger partial charge is 0.220 e. The Labute approximate surface area is 190 Å². The molecule has 2 aromatic carbocycles. The summed E-state index contributed by atoms with van der Waals surface area (Å²) in [6, 6.07) is 14.6. The minimum Gasteiger partial charge on any atom is -0.379 e. The molecular formula is C22H24FN5OS2. The van der Waals surface area contributed by atoms with Crippen molar-refractivity contribution in [3.05, 3.63) is 76.1 Å². The fourth-order valence-electron chi connectivity index (χ4n) is 3.29. The number of rotatable bonds is 7. The van der Waals surface area contributed by atoms with Crippen LogP contribution in [0.2, 0.25) is 0 Å². The fourth-order valence-corrected chi connectivity index (χ4v) is 3.95. The molecule has 1 fully saturated rings. The van der Waals surface area contributed by atoms with Crippen LogP contribution in [-0.2, 0) is 17.8 Å². The van der Waals surface area contributed by atoms with Crippen LogP contribution < -0.4 is 0 Å². The van der Waals surface area contributed by atoms with Crippen LogP contribution in [0.25, 0.3) is 0 Å². The molecule has 4 rings (SSSR count). The molecule has 9 heteroatoms. The molecular weight excluding hydrogens is 433 g/mol. The maximum atomic E-state index is 13.2. The maximum Gasteiger partial charge on any atom is 0.220 e. The predicted octanol–water partition coefficient (Wildman–Crippen LogP) is 4.04. The summed E-state index contributed by atoms with van der Waals surface area (Å²) >= 11 is 7.41. The van der Waals surface area contributed by atoms with Gasteiger partial charge in [0.25, 0.3) is 0 Å². The molecule has 1 saturated heterocycles. The van der Waals surface area contributed by atoms with Gasteiger partial charge >= 0.3 is 0 Å². The second-order valence-corrected chi connectivity index (χ2v) is 8.45. The summed E-state index contributed by atoms with van der Waals surface area (Å²) in [7, 11) is 0. The highest BCUT2D eigenvalue weighted by Gasteiger charge is 2.16. The van der Waals surface area contributed by atoms with E-state index in [2.05, 4.69) is 40.5 Å². The van der Waals surface area contributed by atoms with Gasteiger partial charge in [-0.05, 0) is 53.9 Å². The van der Waals surface area contributed by atoms with Crippen LogP contribution >= 0.6 is 24.0 Å². The number of morpholine rings is 1. The van der Waals surface area contributed by atoms with E-state index in [1.807, 2.05) is 4.68 Å². The average molecular weight is 458 g/mol. The molecule has 0 bridgehead atoms.